The summed E-state index contributed by atoms with van der Waals surface area (Å²) < 4.78 is 7.14. The molecule has 0 aromatic heterocycles. The molecule has 8 aromatic carbocycles. The average molecular weight is 663 g/mol. The molecule has 0 spiro atoms. The number of hydrogen-bond donors (Lipinski definition) is 0. The fourth-order valence-electron chi connectivity index (χ4n) is 9.47. The van der Waals surface area contributed by atoms with E-state index < -0.39 is 8.07 Å². The first kappa shape index (κ1) is 28.7. The van der Waals surface area contributed by atoms with Crippen LogP contribution in [-0.4, -0.2) is 14.8 Å². The Labute approximate surface area is 299 Å². The van der Waals surface area contributed by atoms with E-state index in [1.54, 1.807) is 0 Å². The Hall–Kier alpha value is -6.16. The third-order valence-electron chi connectivity index (χ3n) is 11.5. The molecular formula is C48H31BOSi. The SMILES string of the molecule is c1ccc([Si]2(c3ccccc3)c3ccccc3B3c4cc5c(cc4Oc4cccc2c43)-c2ccccc2-c2ccccc2-c2ccccc2-5)cc1. The maximum atomic E-state index is 7.14. The molecule has 3 aliphatic rings. The fraction of sp³-hybridized carbons (Fsp3) is 0. The molecule has 0 bridgehead atoms. The van der Waals surface area contributed by atoms with Crippen molar-refractivity contribution < 1.29 is 4.74 Å². The van der Waals surface area contributed by atoms with E-state index >= 15 is 0 Å². The summed E-state index contributed by atoms with van der Waals surface area (Å²) in [6.45, 7) is 0.0367. The summed E-state index contributed by atoms with van der Waals surface area (Å²) in [5.74, 6) is 1.90. The van der Waals surface area contributed by atoms with Crippen LogP contribution in [0.1, 0.15) is 0 Å². The van der Waals surface area contributed by atoms with Crippen molar-refractivity contribution in [2.45, 2.75) is 0 Å². The van der Waals surface area contributed by atoms with Gasteiger partial charge in [-0.3, -0.25) is 0 Å². The van der Waals surface area contributed by atoms with Gasteiger partial charge in [0.1, 0.15) is 11.5 Å². The summed E-state index contributed by atoms with van der Waals surface area (Å²) in [7, 11) is -2.72. The zero-order valence-electron chi connectivity index (χ0n) is 27.9. The van der Waals surface area contributed by atoms with Crippen LogP contribution in [0, 0.1) is 0 Å². The van der Waals surface area contributed by atoms with E-state index in [-0.39, 0.29) is 6.71 Å². The molecule has 0 amide bonds. The number of rotatable bonds is 2. The lowest BCUT2D eigenvalue weighted by molar-refractivity contribution is 0.488. The van der Waals surface area contributed by atoms with Gasteiger partial charge >= 0.3 is 0 Å². The van der Waals surface area contributed by atoms with Crippen molar-refractivity contribution in [1.29, 1.82) is 0 Å². The van der Waals surface area contributed by atoms with Crippen LogP contribution in [-0.2, 0) is 0 Å². The molecule has 8 aromatic rings. The first-order chi connectivity index (χ1) is 25.3. The van der Waals surface area contributed by atoms with Gasteiger partial charge in [0.25, 0.3) is 6.71 Å². The Morgan fingerprint density at radius 2 is 0.784 bits per heavy atom. The van der Waals surface area contributed by atoms with Gasteiger partial charge in [0.2, 0.25) is 0 Å². The Bertz CT molecular complexity index is 2640. The molecule has 11 rings (SSSR count). The van der Waals surface area contributed by atoms with Crippen molar-refractivity contribution in [1.82, 2.24) is 0 Å². The van der Waals surface area contributed by atoms with Crippen LogP contribution >= 0.6 is 0 Å². The van der Waals surface area contributed by atoms with Crippen LogP contribution in [0.4, 0.5) is 0 Å². The number of benzene rings is 8. The maximum absolute atomic E-state index is 7.14. The van der Waals surface area contributed by atoms with Gasteiger partial charge in [-0.2, -0.15) is 0 Å². The first-order valence-electron chi connectivity index (χ1n) is 17.8. The largest absolute Gasteiger partial charge is 0.458 e. The number of fused-ring (bicyclic) bond motifs is 12. The lowest BCUT2D eigenvalue weighted by Gasteiger charge is -2.44. The van der Waals surface area contributed by atoms with Crippen molar-refractivity contribution in [2.75, 3.05) is 0 Å². The summed E-state index contributed by atoms with van der Waals surface area (Å²) in [5.41, 5.74) is 13.9. The average Bonchev–Trinajstić information content (AvgIpc) is 3.20. The summed E-state index contributed by atoms with van der Waals surface area (Å²) >= 11 is 0. The Morgan fingerprint density at radius 1 is 0.333 bits per heavy atom. The number of hydrogen-bond acceptors (Lipinski definition) is 1. The van der Waals surface area contributed by atoms with Crippen molar-refractivity contribution in [3.8, 4) is 56.0 Å². The van der Waals surface area contributed by atoms with Gasteiger partial charge in [-0.25, -0.2) is 0 Å². The summed E-state index contributed by atoms with van der Waals surface area (Å²) in [6, 6.07) is 70.0. The van der Waals surface area contributed by atoms with Gasteiger partial charge < -0.3 is 4.74 Å². The van der Waals surface area contributed by atoms with Crippen molar-refractivity contribution in [3.63, 3.8) is 0 Å². The van der Waals surface area contributed by atoms with E-state index in [0.717, 1.165) is 11.5 Å². The minimum Gasteiger partial charge on any atom is -0.458 e. The highest BCUT2D eigenvalue weighted by Crippen LogP contribution is 2.48. The minimum absolute atomic E-state index is 0.0367. The Morgan fingerprint density at radius 3 is 1.35 bits per heavy atom. The van der Waals surface area contributed by atoms with E-state index in [4.69, 9.17) is 4.74 Å². The monoisotopic (exact) mass is 662 g/mol. The second kappa shape index (κ2) is 10.9. The van der Waals surface area contributed by atoms with E-state index in [1.807, 2.05) is 0 Å². The third kappa shape index (κ3) is 3.92. The Kier molecular flexibility index (Phi) is 6.14. The van der Waals surface area contributed by atoms with Crippen LogP contribution in [0.2, 0.25) is 0 Å². The minimum atomic E-state index is -2.72. The highest BCUT2D eigenvalue weighted by atomic mass is 28.3. The summed E-state index contributed by atoms with van der Waals surface area (Å²) in [4.78, 5) is 0. The van der Waals surface area contributed by atoms with Crippen molar-refractivity contribution >= 4 is 51.9 Å². The van der Waals surface area contributed by atoms with Gasteiger partial charge in [0.15, 0.2) is 8.07 Å². The quantitative estimate of drug-likeness (QED) is 0.182. The summed E-state index contributed by atoms with van der Waals surface area (Å²) in [6.07, 6.45) is 0. The van der Waals surface area contributed by atoms with Gasteiger partial charge in [-0.05, 0) is 88.3 Å². The van der Waals surface area contributed by atoms with E-state index in [1.165, 1.54) is 81.6 Å². The van der Waals surface area contributed by atoms with Crippen LogP contribution in [0.5, 0.6) is 11.5 Å². The summed E-state index contributed by atoms with van der Waals surface area (Å²) in [5, 5.41) is 5.65. The van der Waals surface area contributed by atoms with Crippen LogP contribution in [0.3, 0.4) is 0 Å². The topological polar surface area (TPSA) is 9.23 Å². The molecule has 51 heavy (non-hydrogen) atoms. The lowest BCUT2D eigenvalue weighted by atomic mass is 9.35. The van der Waals surface area contributed by atoms with Gasteiger partial charge in [-0.15, -0.1) is 0 Å². The number of ether oxygens (including phenoxy) is 1. The molecule has 0 fully saturated rings. The van der Waals surface area contributed by atoms with Crippen molar-refractivity contribution in [3.05, 3.63) is 188 Å². The third-order valence-corrected chi connectivity index (χ3v) is 16.4. The molecule has 0 unspecified atom stereocenters. The molecule has 236 valence electrons. The molecule has 3 heteroatoms. The van der Waals surface area contributed by atoms with E-state index in [2.05, 4.69) is 188 Å². The zero-order valence-corrected chi connectivity index (χ0v) is 28.9. The highest BCUT2D eigenvalue weighted by molar-refractivity contribution is 7.26. The second-order valence-corrected chi connectivity index (χ2v) is 17.6. The predicted molar refractivity (Wildman–Crippen MR) is 217 cm³/mol. The molecule has 0 radical (unpaired) electrons. The smallest absolute Gasteiger partial charge is 0.250 e. The molecular weight excluding hydrogens is 631 g/mol. The molecule has 1 nitrogen and oxygen atoms in total. The Balaban J connectivity index is 1.24. The van der Waals surface area contributed by atoms with Crippen molar-refractivity contribution in [2.24, 2.45) is 0 Å². The maximum Gasteiger partial charge on any atom is 0.250 e. The molecule has 0 saturated carbocycles. The standard InChI is InChI=1S/C48H31BOSi/c1-3-16-32(17-4-1)51(33-18-5-2-6-19-33)46-28-14-13-26-42(46)49-43-30-40-38-24-11-9-22-36(38)34-20-7-8-21-35(34)37-23-10-12-25-39(37)41(40)31-45(43)50-44-27-15-29-47(51)48(44)49/h1-31H. The fourth-order valence-corrected chi connectivity index (χ4v) is 14.7. The normalized spacial score (nSPS) is 13.8. The molecule has 0 saturated heterocycles. The van der Waals surface area contributed by atoms with E-state index in [0.29, 0.717) is 0 Å². The zero-order chi connectivity index (χ0) is 33.5. The van der Waals surface area contributed by atoms with Gasteiger partial charge in [0.05, 0.1) is 0 Å². The van der Waals surface area contributed by atoms with Gasteiger partial charge in [-0.1, -0.05) is 181 Å². The molecule has 1 aliphatic carbocycles. The second-order valence-electron chi connectivity index (χ2n) is 13.9. The van der Waals surface area contributed by atoms with Crippen LogP contribution in [0.25, 0.3) is 44.5 Å². The lowest BCUT2D eigenvalue weighted by Crippen LogP contribution is -2.87. The molecule has 0 N–H and O–H groups in total. The highest BCUT2D eigenvalue weighted by Gasteiger charge is 2.52. The predicted octanol–water partition coefficient (Wildman–Crippen LogP) is 6.98. The first-order valence-corrected chi connectivity index (χ1v) is 19.8. The van der Waals surface area contributed by atoms with Crippen LogP contribution < -0.4 is 41.9 Å². The van der Waals surface area contributed by atoms with E-state index in [9.17, 15) is 0 Å². The van der Waals surface area contributed by atoms with Gasteiger partial charge in [0, 0.05) is 0 Å². The molecule has 2 aliphatic heterocycles. The molecule has 0 atom stereocenters. The van der Waals surface area contributed by atoms with Crippen LogP contribution in [0.15, 0.2) is 188 Å². The molecule has 2 heterocycles.